The van der Waals surface area contributed by atoms with E-state index in [4.69, 9.17) is 10.5 Å². The molecule has 110 valence electrons. The summed E-state index contributed by atoms with van der Waals surface area (Å²) in [7, 11) is 1.62. The minimum absolute atomic E-state index is 0.403. The molecule has 0 bridgehead atoms. The minimum atomic E-state index is -0.557. The van der Waals surface area contributed by atoms with Gasteiger partial charge < -0.3 is 15.8 Å². The standard InChI is InChI=1S/C17H20N2O2/c1-11-4-5-12(2)15(10-11)16(17(18)20)19-13-6-8-14(21-3)9-7-13/h4-10,16,19H,1-3H3,(H2,18,20). The van der Waals surface area contributed by atoms with Crippen LogP contribution in [0.15, 0.2) is 42.5 Å². The van der Waals surface area contributed by atoms with E-state index in [-0.39, 0.29) is 0 Å². The Morgan fingerprint density at radius 3 is 2.38 bits per heavy atom. The number of carbonyl (C=O) groups is 1. The van der Waals surface area contributed by atoms with Crippen LogP contribution in [0.5, 0.6) is 5.75 Å². The van der Waals surface area contributed by atoms with Crippen molar-refractivity contribution in [2.75, 3.05) is 12.4 Å². The molecule has 2 rings (SSSR count). The first-order chi connectivity index (χ1) is 10.0. The fourth-order valence-electron chi connectivity index (χ4n) is 2.23. The summed E-state index contributed by atoms with van der Waals surface area (Å²) in [6, 6.07) is 12.8. The van der Waals surface area contributed by atoms with Crippen LogP contribution in [0.3, 0.4) is 0 Å². The molecule has 0 saturated carbocycles. The lowest BCUT2D eigenvalue weighted by Crippen LogP contribution is -2.28. The molecule has 4 heteroatoms. The van der Waals surface area contributed by atoms with Gasteiger partial charge in [0.15, 0.2) is 0 Å². The average molecular weight is 284 g/mol. The molecular weight excluding hydrogens is 264 g/mol. The quantitative estimate of drug-likeness (QED) is 0.887. The minimum Gasteiger partial charge on any atom is -0.497 e. The molecule has 1 atom stereocenters. The predicted octanol–water partition coefficient (Wildman–Crippen LogP) is 2.95. The molecule has 21 heavy (non-hydrogen) atoms. The number of benzene rings is 2. The average Bonchev–Trinajstić information content (AvgIpc) is 2.48. The summed E-state index contributed by atoms with van der Waals surface area (Å²) < 4.78 is 5.12. The van der Waals surface area contributed by atoms with E-state index in [0.29, 0.717) is 0 Å². The summed E-state index contributed by atoms with van der Waals surface area (Å²) in [6.07, 6.45) is 0. The van der Waals surface area contributed by atoms with Crippen LogP contribution < -0.4 is 15.8 Å². The maximum Gasteiger partial charge on any atom is 0.244 e. The van der Waals surface area contributed by atoms with Crippen LogP contribution in [0.1, 0.15) is 22.7 Å². The zero-order chi connectivity index (χ0) is 15.4. The van der Waals surface area contributed by atoms with Gasteiger partial charge in [-0.25, -0.2) is 0 Å². The van der Waals surface area contributed by atoms with Crippen molar-refractivity contribution in [1.82, 2.24) is 0 Å². The van der Waals surface area contributed by atoms with Crippen molar-refractivity contribution < 1.29 is 9.53 Å². The van der Waals surface area contributed by atoms with E-state index in [9.17, 15) is 4.79 Å². The van der Waals surface area contributed by atoms with E-state index < -0.39 is 11.9 Å². The molecular formula is C17H20N2O2. The third kappa shape index (κ3) is 3.54. The van der Waals surface area contributed by atoms with Crippen LogP contribution in [-0.2, 0) is 4.79 Å². The fourth-order valence-corrected chi connectivity index (χ4v) is 2.23. The molecule has 0 heterocycles. The van der Waals surface area contributed by atoms with Gasteiger partial charge in [0.05, 0.1) is 7.11 Å². The van der Waals surface area contributed by atoms with Gasteiger partial charge >= 0.3 is 0 Å². The zero-order valence-electron chi connectivity index (χ0n) is 12.5. The number of anilines is 1. The Labute approximate surface area is 124 Å². The van der Waals surface area contributed by atoms with Crippen molar-refractivity contribution >= 4 is 11.6 Å². The summed E-state index contributed by atoms with van der Waals surface area (Å²) in [5, 5.41) is 3.18. The van der Waals surface area contributed by atoms with E-state index in [1.54, 1.807) is 7.11 Å². The highest BCUT2D eigenvalue weighted by Gasteiger charge is 2.19. The van der Waals surface area contributed by atoms with Gasteiger partial charge in [0.2, 0.25) is 5.91 Å². The molecule has 0 spiro atoms. The fraction of sp³-hybridized carbons (Fsp3) is 0.235. The van der Waals surface area contributed by atoms with E-state index in [1.165, 1.54) is 0 Å². The molecule has 2 aromatic carbocycles. The monoisotopic (exact) mass is 284 g/mol. The molecule has 3 N–H and O–H groups in total. The first-order valence-corrected chi connectivity index (χ1v) is 6.78. The van der Waals surface area contributed by atoms with Crippen molar-refractivity contribution in [3.63, 3.8) is 0 Å². The van der Waals surface area contributed by atoms with Gasteiger partial charge in [-0.05, 0) is 49.2 Å². The summed E-state index contributed by atoms with van der Waals surface area (Å²) in [5.74, 6) is 0.363. The van der Waals surface area contributed by atoms with E-state index in [2.05, 4.69) is 5.32 Å². The second-order valence-corrected chi connectivity index (χ2v) is 5.07. The third-order valence-electron chi connectivity index (χ3n) is 3.43. The van der Waals surface area contributed by atoms with Gasteiger partial charge in [0.25, 0.3) is 0 Å². The number of nitrogens with two attached hydrogens (primary N) is 1. The molecule has 0 fully saturated rings. The van der Waals surface area contributed by atoms with Crippen molar-refractivity contribution in [1.29, 1.82) is 0 Å². The first-order valence-electron chi connectivity index (χ1n) is 6.78. The molecule has 0 aromatic heterocycles. The van der Waals surface area contributed by atoms with Crippen molar-refractivity contribution in [3.8, 4) is 5.75 Å². The van der Waals surface area contributed by atoms with Gasteiger partial charge in [-0.15, -0.1) is 0 Å². The van der Waals surface area contributed by atoms with Crippen LogP contribution in [0, 0.1) is 13.8 Å². The molecule has 1 unspecified atom stereocenters. The Morgan fingerprint density at radius 1 is 1.14 bits per heavy atom. The van der Waals surface area contributed by atoms with Crippen molar-refractivity contribution in [2.45, 2.75) is 19.9 Å². The normalized spacial score (nSPS) is 11.8. The molecule has 2 aromatic rings. The van der Waals surface area contributed by atoms with Crippen LogP contribution in [0.4, 0.5) is 5.69 Å². The largest absolute Gasteiger partial charge is 0.497 e. The maximum atomic E-state index is 11.8. The highest BCUT2D eigenvalue weighted by Crippen LogP contribution is 2.24. The number of primary amides is 1. The zero-order valence-corrected chi connectivity index (χ0v) is 12.5. The summed E-state index contributed by atoms with van der Waals surface area (Å²) >= 11 is 0. The number of rotatable bonds is 5. The Morgan fingerprint density at radius 2 is 1.81 bits per heavy atom. The molecule has 0 aliphatic heterocycles. The Hall–Kier alpha value is -2.49. The second-order valence-electron chi connectivity index (χ2n) is 5.07. The Bertz CT molecular complexity index is 636. The Balaban J connectivity index is 2.30. The molecule has 0 aliphatic rings. The van der Waals surface area contributed by atoms with E-state index in [0.717, 1.165) is 28.1 Å². The molecule has 0 saturated heterocycles. The number of amides is 1. The highest BCUT2D eigenvalue weighted by atomic mass is 16.5. The van der Waals surface area contributed by atoms with Gasteiger partial charge in [0, 0.05) is 5.69 Å². The van der Waals surface area contributed by atoms with Crippen LogP contribution >= 0.6 is 0 Å². The predicted molar refractivity (Wildman–Crippen MR) is 84.5 cm³/mol. The van der Waals surface area contributed by atoms with Crippen LogP contribution in [0.25, 0.3) is 0 Å². The molecule has 0 radical (unpaired) electrons. The number of hydrogen-bond acceptors (Lipinski definition) is 3. The van der Waals surface area contributed by atoms with Crippen molar-refractivity contribution in [3.05, 3.63) is 59.2 Å². The topological polar surface area (TPSA) is 64.3 Å². The van der Waals surface area contributed by atoms with E-state index in [1.807, 2.05) is 56.3 Å². The molecule has 1 amide bonds. The molecule has 4 nitrogen and oxygen atoms in total. The van der Waals surface area contributed by atoms with Gasteiger partial charge in [-0.3, -0.25) is 4.79 Å². The maximum absolute atomic E-state index is 11.8. The number of ether oxygens (including phenoxy) is 1. The number of aryl methyl sites for hydroxylation is 2. The second kappa shape index (κ2) is 6.31. The number of carbonyl (C=O) groups excluding carboxylic acids is 1. The number of methoxy groups -OCH3 is 1. The van der Waals surface area contributed by atoms with Crippen LogP contribution in [0.2, 0.25) is 0 Å². The van der Waals surface area contributed by atoms with Crippen LogP contribution in [-0.4, -0.2) is 13.0 Å². The highest BCUT2D eigenvalue weighted by molar-refractivity contribution is 5.85. The summed E-state index contributed by atoms with van der Waals surface area (Å²) in [5.41, 5.74) is 9.42. The van der Waals surface area contributed by atoms with Gasteiger partial charge in [-0.2, -0.15) is 0 Å². The summed E-state index contributed by atoms with van der Waals surface area (Å²) in [4.78, 5) is 11.8. The molecule has 0 aliphatic carbocycles. The van der Waals surface area contributed by atoms with Gasteiger partial charge in [-0.1, -0.05) is 23.8 Å². The third-order valence-corrected chi connectivity index (χ3v) is 3.43. The SMILES string of the molecule is COc1ccc(NC(C(N)=O)c2cc(C)ccc2C)cc1. The lowest BCUT2D eigenvalue weighted by Gasteiger charge is -2.20. The van der Waals surface area contributed by atoms with Crippen molar-refractivity contribution in [2.24, 2.45) is 5.73 Å². The lowest BCUT2D eigenvalue weighted by atomic mass is 9.98. The lowest BCUT2D eigenvalue weighted by molar-refractivity contribution is -0.118. The Kier molecular flexibility index (Phi) is 4.48. The summed E-state index contributed by atoms with van der Waals surface area (Å²) in [6.45, 7) is 3.97. The smallest absolute Gasteiger partial charge is 0.244 e. The first kappa shape index (κ1) is 14.9. The number of nitrogens with one attached hydrogen (secondary N) is 1. The number of hydrogen-bond donors (Lipinski definition) is 2. The van der Waals surface area contributed by atoms with E-state index >= 15 is 0 Å². The van der Waals surface area contributed by atoms with Gasteiger partial charge in [0.1, 0.15) is 11.8 Å².